The van der Waals surface area contributed by atoms with Crippen molar-refractivity contribution in [3.8, 4) is 0 Å². The number of hydrogen-bond donors (Lipinski definition) is 1. The second kappa shape index (κ2) is 9.03. The van der Waals surface area contributed by atoms with Crippen LogP contribution in [0.3, 0.4) is 0 Å². The molecular weight excluding hydrogens is 379 g/mol. The van der Waals surface area contributed by atoms with Crippen LogP contribution in [0.4, 0.5) is 13.2 Å². The van der Waals surface area contributed by atoms with Gasteiger partial charge in [0.05, 0.1) is 25.1 Å². The maximum atomic E-state index is 12.6. The highest BCUT2D eigenvalue weighted by atomic mass is 32.1. The molecule has 1 heterocycles. The molecule has 0 spiro atoms. The molecule has 146 valence electrons. The number of ether oxygens (including phenoxy) is 1. The van der Waals surface area contributed by atoms with Gasteiger partial charge in [-0.25, -0.2) is 0 Å². The molecule has 2 rings (SSSR count). The van der Waals surface area contributed by atoms with Crippen LogP contribution in [0.1, 0.15) is 47.7 Å². The van der Waals surface area contributed by atoms with Gasteiger partial charge in [0.15, 0.2) is 0 Å². The molecule has 0 aliphatic rings. The van der Waals surface area contributed by atoms with Crippen molar-refractivity contribution < 1.29 is 27.5 Å². The van der Waals surface area contributed by atoms with Crippen molar-refractivity contribution in [2.24, 2.45) is 0 Å². The molecule has 0 saturated heterocycles. The van der Waals surface area contributed by atoms with Crippen LogP contribution in [0.15, 0.2) is 41.8 Å². The zero-order valence-corrected chi connectivity index (χ0v) is 15.7. The number of carbonyl (C=O) groups is 2. The number of rotatable bonds is 7. The van der Waals surface area contributed by atoms with Gasteiger partial charge in [-0.1, -0.05) is 25.1 Å². The highest BCUT2D eigenvalue weighted by molar-refractivity contribution is 7.10. The minimum Gasteiger partial charge on any atom is -0.469 e. The third kappa shape index (κ3) is 6.09. The van der Waals surface area contributed by atoms with E-state index in [1.165, 1.54) is 30.6 Å². The Morgan fingerprint density at radius 1 is 1.15 bits per heavy atom. The monoisotopic (exact) mass is 399 g/mol. The minimum atomic E-state index is -4.39. The van der Waals surface area contributed by atoms with Crippen LogP contribution in [0, 0.1) is 0 Å². The Labute approximate surface area is 159 Å². The SMILES string of the molecule is COC(=O)CC(NC(=O)CC(C)c1ccc(C(F)(F)F)cc1)c1cccs1. The van der Waals surface area contributed by atoms with Crippen molar-refractivity contribution in [3.63, 3.8) is 0 Å². The van der Waals surface area contributed by atoms with Crippen molar-refractivity contribution in [3.05, 3.63) is 57.8 Å². The maximum Gasteiger partial charge on any atom is 0.416 e. The van der Waals surface area contributed by atoms with Crippen molar-refractivity contribution in [2.75, 3.05) is 7.11 Å². The number of benzene rings is 1. The minimum absolute atomic E-state index is 0.0113. The number of methoxy groups -OCH3 is 1. The molecule has 0 aliphatic carbocycles. The van der Waals surface area contributed by atoms with Gasteiger partial charge < -0.3 is 10.1 Å². The van der Waals surface area contributed by atoms with E-state index in [9.17, 15) is 22.8 Å². The Morgan fingerprint density at radius 2 is 1.81 bits per heavy atom. The highest BCUT2D eigenvalue weighted by Crippen LogP contribution is 2.31. The first-order valence-corrected chi connectivity index (χ1v) is 9.15. The fourth-order valence-corrected chi connectivity index (χ4v) is 3.39. The molecule has 0 aliphatic heterocycles. The van der Waals surface area contributed by atoms with Crippen LogP contribution >= 0.6 is 11.3 Å². The lowest BCUT2D eigenvalue weighted by atomic mass is 9.96. The average molecular weight is 399 g/mol. The standard InChI is InChI=1S/C19H20F3NO3S/c1-12(13-5-7-14(8-6-13)19(20,21)22)10-17(24)23-15(11-18(25)26-2)16-4-3-9-27-16/h3-9,12,15H,10-11H2,1-2H3,(H,23,24). The van der Waals surface area contributed by atoms with Gasteiger partial charge in [-0.05, 0) is 35.1 Å². The van der Waals surface area contributed by atoms with Crippen molar-refractivity contribution in [2.45, 2.75) is 37.9 Å². The second-order valence-corrected chi connectivity index (χ2v) is 7.12. The molecule has 8 heteroatoms. The summed E-state index contributed by atoms with van der Waals surface area (Å²) < 4.78 is 42.6. The fourth-order valence-electron chi connectivity index (χ4n) is 2.61. The molecule has 2 aromatic rings. The number of alkyl halides is 3. The van der Waals surface area contributed by atoms with Gasteiger partial charge >= 0.3 is 12.1 Å². The lowest BCUT2D eigenvalue weighted by Crippen LogP contribution is -2.30. The van der Waals surface area contributed by atoms with E-state index in [0.717, 1.165) is 17.0 Å². The van der Waals surface area contributed by atoms with Gasteiger partial charge in [-0.2, -0.15) is 13.2 Å². The molecule has 2 unspecified atom stereocenters. The lowest BCUT2D eigenvalue weighted by molar-refractivity contribution is -0.141. The number of thiophene rings is 1. The maximum absolute atomic E-state index is 12.6. The Hall–Kier alpha value is -2.35. The molecule has 1 aromatic heterocycles. The third-order valence-electron chi connectivity index (χ3n) is 4.12. The molecule has 0 bridgehead atoms. The summed E-state index contributed by atoms with van der Waals surface area (Å²) in [5.41, 5.74) is -0.0856. The van der Waals surface area contributed by atoms with Crippen LogP contribution in [-0.4, -0.2) is 19.0 Å². The van der Waals surface area contributed by atoms with Gasteiger partial charge in [-0.15, -0.1) is 11.3 Å². The first-order valence-electron chi connectivity index (χ1n) is 8.27. The number of halogens is 3. The summed E-state index contributed by atoms with van der Waals surface area (Å²) in [7, 11) is 1.28. The summed E-state index contributed by atoms with van der Waals surface area (Å²) in [6, 6.07) is 7.92. The third-order valence-corrected chi connectivity index (χ3v) is 5.10. The molecule has 0 saturated carbocycles. The van der Waals surface area contributed by atoms with E-state index in [1.54, 1.807) is 6.92 Å². The summed E-state index contributed by atoms with van der Waals surface area (Å²) in [5, 5.41) is 4.66. The Kier molecular flexibility index (Phi) is 7.01. The summed E-state index contributed by atoms with van der Waals surface area (Å²) in [5.74, 6) is -0.997. The molecule has 4 nitrogen and oxygen atoms in total. The topological polar surface area (TPSA) is 55.4 Å². The molecular formula is C19H20F3NO3S. The van der Waals surface area contributed by atoms with Crippen molar-refractivity contribution in [1.82, 2.24) is 5.32 Å². The predicted molar refractivity (Wildman–Crippen MR) is 96.3 cm³/mol. The molecule has 1 amide bonds. The van der Waals surface area contributed by atoms with Crippen LogP contribution in [0.5, 0.6) is 0 Å². The van der Waals surface area contributed by atoms with Gasteiger partial charge in [0.25, 0.3) is 0 Å². The first-order chi connectivity index (χ1) is 12.7. The van der Waals surface area contributed by atoms with E-state index >= 15 is 0 Å². The highest BCUT2D eigenvalue weighted by Gasteiger charge is 2.30. The fraction of sp³-hybridized carbons (Fsp3) is 0.368. The number of nitrogens with one attached hydrogen (secondary N) is 1. The number of esters is 1. The van der Waals surface area contributed by atoms with Crippen molar-refractivity contribution in [1.29, 1.82) is 0 Å². The van der Waals surface area contributed by atoms with Crippen molar-refractivity contribution >= 4 is 23.2 Å². The normalized spacial score (nSPS) is 13.7. The van der Waals surface area contributed by atoms with E-state index < -0.39 is 23.8 Å². The second-order valence-electron chi connectivity index (χ2n) is 6.14. The lowest BCUT2D eigenvalue weighted by Gasteiger charge is -2.18. The number of hydrogen-bond acceptors (Lipinski definition) is 4. The average Bonchev–Trinajstić information content (AvgIpc) is 3.15. The summed E-state index contributed by atoms with van der Waals surface area (Å²) in [4.78, 5) is 24.8. The molecule has 27 heavy (non-hydrogen) atoms. The van der Waals surface area contributed by atoms with Crippen LogP contribution in [0.2, 0.25) is 0 Å². The van der Waals surface area contributed by atoms with Gasteiger partial charge in [0.2, 0.25) is 5.91 Å². The molecule has 2 atom stereocenters. The molecule has 1 N–H and O–H groups in total. The van der Waals surface area contributed by atoms with E-state index in [-0.39, 0.29) is 24.7 Å². The quantitative estimate of drug-likeness (QED) is 0.688. The molecule has 0 radical (unpaired) electrons. The summed E-state index contributed by atoms with van der Waals surface area (Å²) in [6.07, 6.45) is -4.28. The Bertz CT molecular complexity index is 758. The van der Waals surface area contributed by atoms with Gasteiger partial charge in [0.1, 0.15) is 0 Å². The van der Waals surface area contributed by atoms with Crippen LogP contribution in [-0.2, 0) is 20.5 Å². The largest absolute Gasteiger partial charge is 0.469 e. The zero-order chi connectivity index (χ0) is 20.0. The summed E-state index contributed by atoms with van der Waals surface area (Å²) >= 11 is 1.42. The molecule has 0 fully saturated rings. The number of carbonyl (C=O) groups excluding carboxylic acids is 2. The Balaban J connectivity index is 2.01. The van der Waals surface area contributed by atoms with E-state index in [4.69, 9.17) is 0 Å². The van der Waals surface area contributed by atoms with E-state index in [2.05, 4.69) is 10.1 Å². The van der Waals surface area contributed by atoms with Gasteiger partial charge in [-0.3, -0.25) is 9.59 Å². The predicted octanol–water partition coefficient (Wildman–Crippen LogP) is 4.68. The smallest absolute Gasteiger partial charge is 0.416 e. The number of amides is 1. The van der Waals surface area contributed by atoms with Gasteiger partial charge in [0, 0.05) is 11.3 Å². The Morgan fingerprint density at radius 3 is 2.33 bits per heavy atom. The van der Waals surface area contributed by atoms with E-state index in [1.807, 2.05) is 17.5 Å². The zero-order valence-electron chi connectivity index (χ0n) is 14.9. The van der Waals surface area contributed by atoms with Crippen LogP contribution < -0.4 is 5.32 Å². The van der Waals surface area contributed by atoms with E-state index in [0.29, 0.717) is 5.56 Å². The first kappa shape index (κ1) is 21.0. The van der Waals surface area contributed by atoms with Crippen LogP contribution in [0.25, 0.3) is 0 Å². The summed E-state index contributed by atoms with van der Waals surface area (Å²) in [6.45, 7) is 1.77. The molecule has 1 aromatic carbocycles.